The van der Waals surface area contributed by atoms with Crippen molar-refractivity contribution >= 4 is 0 Å². The molecule has 0 spiro atoms. The van der Waals surface area contributed by atoms with Gasteiger partial charge >= 0.3 is 0 Å². The lowest BCUT2D eigenvalue weighted by Crippen LogP contribution is -2.20. The SMILES string of the molecule is CCC(NCc1c(C)nn(C)c1OC)c1ccccc1. The Kier molecular flexibility index (Phi) is 4.79. The van der Waals surface area contributed by atoms with Crippen molar-refractivity contribution in [2.75, 3.05) is 7.11 Å². The molecule has 0 fully saturated rings. The van der Waals surface area contributed by atoms with Gasteiger partial charge in [0, 0.05) is 19.6 Å². The van der Waals surface area contributed by atoms with Crippen LogP contribution in [0.3, 0.4) is 0 Å². The second-order valence-electron chi connectivity index (χ2n) is 4.95. The Morgan fingerprint density at radius 1 is 1.30 bits per heavy atom. The van der Waals surface area contributed by atoms with E-state index < -0.39 is 0 Å². The van der Waals surface area contributed by atoms with E-state index in [1.807, 2.05) is 20.0 Å². The standard InChI is InChI=1S/C16H23N3O/c1-5-15(13-9-7-6-8-10-13)17-11-14-12(2)18-19(3)16(14)20-4/h6-10,15,17H,5,11H2,1-4H3. The fourth-order valence-corrected chi connectivity index (χ4v) is 2.55. The van der Waals surface area contributed by atoms with Gasteiger partial charge in [-0.25, -0.2) is 4.68 Å². The van der Waals surface area contributed by atoms with Gasteiger partial charge in [0.2, 0.25) is 5.88 Å². The normalized spacial score (nSPS) is 12.4. The molecule has 0 saturated heterocycles. The zero-order valence-electron chi connectivity index (χ0n) is 12.7. The van der Waals surface area contributed by atoms with Gasteiger partial charge in [0.05, 0.1) is 18.4 Å². The minimum atomic E-state index is 0.348. The van der Waals surface area contributed by atoms with Crippen LogP contribution in [0.4, 0.5) is 0 Å². The maximum Gasteiger partial charge on any atom is 0.216 e. The highest BCUT2D eigenvalue weighted by atomic mass is 16.5. The van der Waals surface area contributed by atoms with Crippen LogP contribution in [0.5, 0.6) is 5.88 Å². The summed E-state index contributed by atoms with van der Waals surface area (Å²) in [5.41, 5.74) is 3.46. The van der Waals surface area contributed by atoms with E-state index in [0.717, 1.165) is 30.1 Å². The van der Waals surface area contributed by atoms with E-state index in [4.69, 9.17) is 4.74 Å². The van der Waals surface area contributed by atoms with Gasteiger partial charge in [-0.15, -0.1) is 0 Å². The summed E-state index contributed by atoms with van der Waals surface area (Å²) in [5, 5.41) is 8.01. The predicted octanol–water partition coefficient (Wildman–Crippen LogP) is 2.98. The summed E-state index contributed by atoms with van der Waals surface area (Å²) in [4.78, 5) is 0. The van der Waals surface area contributed by atoms with Crippen LogP contribution in [0, 0.1) is 6.92 Å². The van der Waals surface area contributed by atoms with Crippen molar-refractivity contribution in [2.45, 2.75) is 32.9 Å². The van der Waals surface area contributed by atoms with Crippen molar-refractivity contribution in [1.82, 2.24) is 15.1 Å². The van der Waals surface area contributed by atoms with Gasteiger partial charge in [0.15, 0.2) is 0 Å². The Labute approximate surface area is 120 Å². The monoisotopic (exact) mass is 273 g/mol. The lowest BCUT2D eigenvalue weighted by atomic mass is 10.0. The molecule has 20 heavy (non-hydrogen) atoms. The molecule has 1 aromatic carbocycles. The highest BCUT2D eigenvalue weighted by Crippen LogP contribution is 2.23. The van der Waals surface area contributed by atoms with Crippen LogP contribution in [0.25, 0.3) is 0 Å². The third-order valence-electron chi connectivity index (χ3n) is 3.62. The van der Waals surface area contributed by atoms with Crippen molar-refractivity contribution in [2.24, 2.45) is 7.05 Å². The van der Waals surface area contributed by atoms with Crippen LogP contribution < -0.4 is 10.1 Å². The van der Waals surface area contributed by atoms with Crippen molar-refractivity contribution in [1.29, 1.82) is 0 Å². The number of nitrogens with zero attached hydrogens (tertiary/aromatic N) is 2. The Hall–Kier alpha value is -1.81. The Bertz CT molecular complexity index is 548. The van der Waals surface area contributed by atoms with Gasteiger partial charge in [-0.1, -0.05) is 37.3 Å². The second-order valence-corrected chi connectivity index (χ2v) is 4.95. The molecule has 4 nitrogen and oxygen atoms in total. The van der Waals surface area contributed by atoms with Crippen LogP contribution >= 0.6 is 0 Å². The van der Waals surface area contributed by atoms with E-state index >= 15 is 0 Å². The summed E-state index contributed by atoms with van der Waals surface area (Å²) >= 11 is 0. The highest BCUT2D eigenvalue weighted by Gasteiger charge is 2.15. The molecule has 0 aliphatic carbocycles. The minimum Gasteiger partial charge on any atom is -0.481 e. The maximum absolute atomic E-state index is 5.43. The topological polar surface area (TPSA) is 39.1 Å². The third-order valence-corrected chi connectivity index (χ3v) is 3.62. The Morgan fingerprint density at radius 3 is 2.60 bits per heavy atom. The van der Waals surface area contributed by atoms with Crippen LogP contribution in [-0.2, 0) is 13.6 Å². The summed E-state index contributed by atoms with van der Waals surface area (Å²) in [6.07, 6.45) is 1.05. The summed E-state index contributed by atoms with van der Waals surface area (Å²) < 4.78 is 7.22. The average molecular weight is 273 g/mol. The number of hydrogen-bond donors (Lipinski definition) is 1. The van der Waals surface area contributed by atoms with Crippen LogP contribution in [-0.4, -0.2) is 16.9 Å². The van der Waals surface area contributed by atoms with E-state index in [-0.39, 0.29) is 0 Å². The van der Waals surface area contributed by atoms with Crippen LogP contribution in [0.2, 0.25) is 0 Å². The number of methoxy groups -OCH3 is 1. The molecular formula is C16H23N3O. The van der Waals surface area contributed by atoms with Crippen molar-refractivity contribution < 1.29 is 4.74 Å². The number of aryl methyl sites for hydroxylation is 2. The maximum atomic E-state index is 5.43. The largest absolute Gasteiger partial charge is 0.481 e. The molecule has 2 rings (SSSR count). The lowest BCUT2D eigenvalue weighted by Gasteiger charge is -2.17. The third kappa shape index (κ3) is 3.02. The number of ether oxygens (including phenoxy) is 1. The average Bonchev–Trinajstić information content (AvgIpc) is 2.74. The number of rotatable bonds is 6. The van der Waals surface area contributed by atoms with E-state index in [1.54, 1.807) is 11.8 Å². The Morgan fingerprint density at radius 2 is 2.00 bits per heavy atom. The van der Waals surface area contributed by atoms with E-state index in [1.165, 1.54) is 5.56 Å². The zero-order chi connectivity index (χ0) is 14.5. The summed E-state index contributed by atoms with van der Waals surface area (Å²) in [6, 6.07) is 10.9. The minimum absolute atomic E-state index is 0.348. The fraction of sp³-hybridized carbons (Fsp3) is 0.438. The molecule has 1 N–H and O–H groups in total. The highest BCUT2D eigenvalue weighted by molar-refractivity contribution is 5.31. The van der Waals surface area contributed by atoms with Gasteiger partial charge in [-0.2, -0.15) is 5.10 Å². The first-order valence-electron chi connectivity index (χ1n) is 7.02. The number of nitrogens with one attached hydrogen (secondary N) is 1. The molecule has 0 aliphatic rings. The first-order valence-corrected chi connectivity index (χ1v) is 7.02. The van der Waals surface area contributed by atoms with Gasteiger partial charge in [0.25, 0.3) is 0 Å². The second kappa shape index (κ2) is 6.57. The molecule has 0 aliphatic heterocycles. The fourth-order valence-electron chi connectivity index (χ4n) is 2.55. The van der Waals surface area contributed by atoms with Crippen molar-refractivity contribution in [3.05, 3.63) is 47.2 Å². The number of aromatic nitrogens is 2. The van der Waals surface area contributed by atoms with Crippen LogP contribution in [0.15, 0.2) is 30.3 Å². The molecule has 0 bridgehead atoms. The molecule has 1 atom stereocenters. The quantitative estimate of drug-likeness (QED) is 0.879. The number of benzene rings is 1. The summed E-state index contributed by atoms with van der Waals surface area (Å²) in [5.74, 6) is 0.831. The Balaban J connectivity index is 2.11. The van der Waals surface area contributed by atoms with Crippen LogP contribution in [0.1, 0.15) is 36.2 Å². The van der Waals surface area contributed by atoms with Gasteiger partial charge in [-0.3, -0.25) is 0 Å². The van der Waals surface area contributed by atoms with Gasteiger partial charge < -0.3 is 10.1 Å². The van der Waals surface area contributed by atoms with Gasteiger partial charge in [-0.05, 0) is 18.9 Å². The molecule has 1 aromatic heterocycles. The number of hydrogen-bond acceptors (Lipinski definition) is 3. The van der Waals surface area contributed by atoms with E-state index in [0.29, 0.717) is 6.04 Å². The molecule has 0 amide bonds. The molecule has 4 heteroatoms. The van der Waals surface area contributed by atoms with E-state index in [2.05, 4.69) is 41.6 Å². The molecule has 0 saturated carbocycles. The first-order chi connectivity index (χ1) is 9.67. The molecule has 1 unspecified atom stereocenters. The van der Waals surface area contributed by atoms with Gasteiger partial charge in [0.1, 0.15) is 0 Å². The van der Waals surface area contributed by atoms with E-state index in [9.17, 15) is 0 Å². The molecule has 1 heterocycles. The molecule has 2 aromatic rings. The lowest BCUT2D eigenvalue weighted by molar-refractivity contribution is 0.366. The molecule has 108 valence electrons. The zero-order valence-corrected chi connectivity index (χ0v) is 12.7. The molecular weight excluding hydrogens is 250 g/mol. The summed E-state index contributed by atoms with van der Waals surface area (Å²) in [6.45, 7) is 4.97. The molecule has 0 radical (unpaired) electrons. The van der Waals surface area contributed by atoms with Crippen molar-refractivity contribution in [3.63, 3.8) is 0 Å². The smallest absolute Gasteiger partial charge is 0.216 e. The predicted molar refractivity (Wildman–Crippen MR) is 80.8 cm³/mol. The van der Waals surface area contributed by atoms with Crippen molar-refractivity contribution in [3.8, 4) is 5.88 Å². The summed E-state index contributed by atoms with van der Waals surface area (Å²) in [7, 11) is 3.60. The first kappa shape index (κ1) is 14.6.